The van der Waals surface area contributed by atoms with E-state index in [9.17, 15) is 4.79 Å². The fraction of sp³-hybridized carbons (Fsp3) is 0.350. The van der Waals surface area contributed by atoms with Gasteiger partial charge in [0, 0.05) is 31.4 Å². The summed E-state index contributed by atoms with van der Waals surface area (Å²) < 4.78 is 0. The third-order valence-corrected chi connectivity index (χ3v) is 4.57. The summed E-state index contributed by atoms with van der Waals surface area (Å²) in [6.07, 6.45) is 1.99. The molecule has 0 unspecified atom stereocenters. The van der Waals surface area contributed by atoms with E-state index in [0.29, 0.717) is 0 Å². The average molecular weight is 323 g/mol. The standard InChI is InChI=1S/C20H25N3O/c1-16-7-5-6-10-19(16)22-20(24)21-18-11-13-23(14-12-18)15-17-8-3-2-4-9-17/h2-10,18H,11-15H2,1H3,(H2,21,22,24). The number of likely N-dealkylation sites (tertiary alicyclic amines) is 1. The Hall–Kier alpha value is -2.33. The molecule has 2 N–H and O–H groups in total. The van der Waals surface area contributed by atoms with Crippen LogP contribution in [0.2, 0.25) is 0 Å². The van der Waals surface area contributed by atoms with E-state index in [-0.39, 0.29) is 12.1 Å². The maximum absolute atomic E-state index is 12.2. The van der Waals surface area contributed by atoms with E-state index in [2.05, 4.69) is 39.8 Å². The Morgan fingerprint density at radius 2 is 1.71 bits per heavy atom. The molecule has 0 aromatic heterocycles. The molecule has 1 saturated heterocycles. The van der Waals surface area contributed by atoms with E-state index in [1.807, 2.05) is 37.3 Å². The van der Waals surface area contributed by atoms with Crippen LogP contribution in [0.3, 0.4) is 0 Å². The van der Waals surface area contributed by atoms with Crippen molar-refractivity contribution in [3.8, 4) is 0 Å². The van der Waals surface area contributed by atoms with Crippen LogP contribution in [0.5, 0.6) is 0 Å². The summed E-state index contributed by atoms with van der Waals surface area (Å²) in [5.74, 6) is 0. The molecule has 2 aromatic carbocycles. The highest BCUT2D eigenvalue weighted by molar-refractivity contribution is 5.90. The quantitative estimate of drug-likeness (QED) is 0.899. The zero-order valence-corrected chi connectivity index (χ0v) is 14.2. The van der Waals surface area contributed by atoms with Gasteiger partial charge in [0.2, 0.25) is 0 Å². The second kappa shape index (κ2) is 7.97. The normalized spacial score (nSPS) is 15.9. The fourth-order valence-corrected chi connectivity index (χ4v) is 3.13. The number of aryl methyl sites for hydroxylation is 1. The van der Waals surface area contributed by atoms with E-state index >= 15 is 0 Å². The molecule has 0 atom stereocenters. The highest BCUT2D eigenvalue weighted by Gasteiger charge is 2.20. The number of hydrogen-bond acceptors (Lipinski definition) is 2. The number of rotatable bonds is 4. The molecule has 4 nitrogen and oxygen atoms in total. The second-order valence-corrected chi connectivity index (χ2v) is 6.45. The van der Waals surface area contributed by atoms with Crippen LogP contribution in [0.25, 0.3) is 0 Å². The van der Waals surface area contributed by atoms with Gasteiger partial charge in [0.05, 0.1) is 0 Å². The van der Waals surface area contributed by atoms with E-state index < -0.39 is 0 Å². The van der Waals surface area contributed by atoms with Crippen LogP contribution >= 0.6 is 0 Å². The second-order valence-electron chi connectivity index (χ2n) is 6.45. The molecular weight excluding hydrogens is 298 g/mol. The van der Waals surface area contributed by atoms with Gasteiger partial charge in [-0.15, -0.1) is 0 Å². The zero-order valence-electron chi connectivity index (χ0n) is 14.2. The summed E-state index contributed by atoms with van der Waals surface area (Å²) in [5, 5.41) is 6.05. The highest BCUT2D eigenvalue weighted by Crippen LogP contribution is 2.15. The van der Waals surface area contributed by atoms with Crippen LogP contribution < -0.4 is 10.6 Å². The van der Waals surface area contributed by atoms with Gasteiger partial charge in [-0.05, 0) is 37.0 Å². The zero-order chi connectivity index (χ0) is 16.8. The van der Waals surface area contributed by atoms with Gasteiger partial charge in [-0.25, -0.2) is 4.79 Å². The first-order valence-electron chi connectivity index (χ1n) is 8.60. The highest BCUT2D eigenvalue weighted by atomic mass is 16.2. The van der Waals surface area contributed by atoms with Crippen molar-refractivity contribution in [2.75, 3.05) is 18.4 Å². The van der Waals surface area contributed by atoms with Crippen molar-refractivity contribution < 1.29 is 4.79 Å². The Kier molecular flexibility index (Phi) is 5.49. The Labute approximate surface area is 143 Å². The van der Waals surface area contributed by atoms with Crippen molar-refractivity contribution >= 4 is 11.7 Å². The number of carbonyl (C=O) groups is 1. The third-order valence-electron chi connectivity index (χ3n) is 4.57. The molecule has 1 heterocycles. The average Bonchev–Trinajstić information content (AvgIpc) is 2.60. The Morgan fingerprint density at radius 1 is 1.04 bits per heavy atom. The molecule has 24 heavy (non-hydrogen) atoms. The van der Waals surface area contributed by atoms with Gasteiger partial charge in [0.1, 0.15) is 0 Å². The van der Waals surface area contributed by atoms with Gasteiger partial charge in [0.15, 0.2) is 0 Å². The number of amides is 2. The number of carbonyl (C=O) groups excluding carboxylic acids is 1. The van der Waals surface area contributed by atoms with Crippen LogP contribution in [0, 0.1) is 6.92 Å². The Balaban J connectivity index is 1.43. The van der Waals surface area contributed by atoms with E-state index in [1.54, 1.807) is 0 Å². The predicted octanol–water partition coefficient (Wildman–Crippen LogP) is 3.78. The number of benzene rings is 2. The lowest BCUT2D eigenvalue weighted by Gasteiger charge is -2.32. The lowest BCUT2D eigenvalue weighted by molar-refractivity contribution is 0.190. The summed E-state index contributed by atoms with van der Waals surface area (Å²) in [6, 6.07) is 18.5. The molecule has 1 aliphatic heterocycles. The Morgan fingerprint density at radius 3 is 2.42 bits per heavy atom. The minimum Gasteiger partial charge on any atom is -0.335 e. The van der Waals surface area contributed by atoms with E-state index in [1.165, 1.54) is 5.56 Å². The Bertz CT molecular complexity index is 664. The molecule has 2 amide bonds. The van der Waals surface area contributed by atoms with Gasteiger partial charge in [0.25, 0.3) is 0 Å². The summed E-state index contributed by atoms with van der Waals surface area (Å²) in [7, 11) is 0. The molecule has 1 fully saturated rings. The van der Waals surface area contributed by atoms with Crippen molar-refractivity contribution in [1.82, 2.24) is 10.2 Å². The van der Waals surface area contributed by atoms with Gasteiger partial charge in [-0.2, -0.15) is 0 Å². The summed E-state index contributed by atoms with van der Waals surface area (Å²) in [5.41, 5.74) is 3.29. The lowest BCUT2D eigenvalue weighted by Crippen LogP contribution is -2.45. The van der Waals surface area contributed by atoms with Crippen LogP contribution in [0.1, 0.15) is 24.0 Å². The van der Waals surface area contributed by atoms with Gasteiger partial charge in [-0.1, -0.05) is 48.5 Å². The number of anilines is 1. The minimum atomic E-state index is -0.106. The minimum absolute atomic E-state index is 0.106. The van der Waals surface area contributed by atoms with Gasteiger partial charge < -0.3 is 10.6 Å². The summed E-state index contributed by atoms with van der Waals surface area (Å²) in [4.78, 5) is 14.6. The van der Waals surface area contributed by atoms with Crippen molar-refractivity contribution in [1.29, 1.82) is 0 Å². The van der Waals surface area contributed by atoms with Crippen molar-refractivity contribution in [3.63, 3.8) is 0 Å². The van der Waals surface area contributed by atoms with E-state index in [0.717, 1.165) is 43.7 Å². The fourth-order valence-electron chi connectivity index (χ4n) is 3.13. The molecule has 126 valence electrons. The molecule has 1 aliphatic rings. The molecular formula is C20H25N3O. The molecule has 4 heteroatoms. The topological polar surface area (TPSA) is 44.4 Å². The number of nitrogens with one attached hydrogen (secondary N) is 2. The number of urea groups is 1. The first kappa shape index (κ1) is 16.5. The van der Waals surface area contributed by atoms with Crippen LogP contribution in [-0.4, -0.2) is 30.1 Å². The van der Waals surface area contributed by atoms with Crippen LogP contribution in [0.15, 0.2) is 54.6 Å². The first-order valence-corrected chi connectivity index (χ1v) is 8.60. The molecule has 0 aliphatic carbocycles. The van der Waals surface area contributed by atoms with Crippen LogP contribution in [0.4, 0.5) is 10.5 Å². The summed E-state index contributed by atoms with van der Waals surface area (Å²) in [6.45, 7) is 5.02. The van der Waals surface area contributed by atoms with Gasteiger partial charge >= 0.3 is 6.03 Å². The maximum atomic E-state index is 12.2. The SMILES string of the molecule is Cc1ccccc1NC(=O)NC1CCN(Cc2ccccc2)CC1. The van der Waals surface area contributed by atoms with Crippen LogP contribution in [-0.2, 0) is 6.54 Å². The largest absolute Gasteiger partial charge is 0.335 e. The number of nitrogens with zero attached hydrogens (tertiary/aromatic N) is 1. The monoisotopic (exact) mass is 323 g/mol. The lowest BCUT2D eigenvalue weighted by atomic mass is 10.0. The molecule has 2 aromatic rings. The molecule has 0 radical (unpaired) electrons. The van der Waals surface area contributed by atoms with Gasteiger partial charge in [-0.3, -0.25) is 4.90 Å². The third kappa shape index (κ3) is 4.59. The van der Waals surface area contributed by atoms with E-state index in [4.69, 9.17) is 0 Å². The number of hydrogen-bond donors (Lipinski definition) is 2. The molecule has 0 saturated carbocycles. The summed E-state index contributed by atoms with van der Waals surface area (Å²) >= 11 is 0. The molecule has 0 bridgehead atoms. The first-order chi connectivity index (χ1) is 11.7. The number of para-hydroxylation sites is 1. The maximum Gasteiger partial charge on any atom is 0.319 e. The van der Waals surface area contributed by atoms with Crippen molar-refractivity contribution in [2.24, 2.45) is 0 Å². The molecule has 3 rings (SSSR count). The smallest absolute Gasteiger partial charge is 0.319 e. The molecule has 0 spiro atoms. The predicted molar refractivity (Wildman–Crippen MR) is 98.1 cm³/mol. The van der Waals surface area contributed by atoms with Crippen molar-refractivity contribution in [2.45, 2.75) is 32.4 Å². The van der Waals surface area contributed by atoms with Crippen molar-refractivity contribution in [3.05, 3.63) is 65.7 Å². The number of piperidine rings is 1.